The van der Waals surface area contributed by atoms with Crippen molar-refractivity contribution < 1.29 is 15.0 Å². The maximum atomic E-state index is 10.1. The molecule has 0 radical (unpaired) electrons. The summed E-state index contributed by atoms with van der Waals surface area (Å²) in [5.74, 6) is -0.725. The maximum absolute atomic E-state index is 10.1. The van der Waals surface area contributed by atoms with Crippen LogP contribution in [0, 0.1) is 0 Å². The second-order valence-corrected chi connectivity index (χ2v) is 3.53. The van der Waals surface area contributed by atoms with Gasteiger partial charge in [-0.05, 0) is 25.1 Å². The number of aliphatic carboxylic acids is 1. The molecular formula is C9H16O3S. The van der Waals surface area contributed by atoms with E-state index in [9.17, 15) is 4.79 Å². The van der Waals surface area contributed by atoms with Gasteiger partial charge in [0.25, 0.3) is 0 Å². The van der Waals surface area contributed by atoms with E-state index in [1.807, 2.05) is 0 Å². The minimum atomic E-state index is -0.725. The predicted molar refractivity (Wildman–Crippen MR) is 55.2 cm³/mol. The number of carboxylic acid groups (broad SMARTS) is 1. The summed E-state index contributed by atoms with van der Waals surface area (Å²) in [5.41, 5.74) is 0. The lowest BCUT2D eigenvalue weighted by molar-refractivity contribution is -0.137. The fourth-order valence-corrected chi connectivity index (χ4v) is 1.23. The predicted octanol–water partition coefficient (Wildman–Crippen LogP) is 2.69. The van der Waals surface area contributed by atoms with Gasteiger partial charge in [0, 0.05) is 12.8 Å². The Labute approximate surface area is 83.8 Å². The van der Waals surface area contributed by atoms with E-state index >= 15 is 0 Å². The first-order chi connectivity index (χ1) is 6.13. The van der Waals surface area contributed by atoms with E-state index in [1.165, 1.54) is 0 Å². The topological polar surface area (TPSA) is 57.5 Å². The molecule has 0 atom stereocenters. The van der Waals surface area contributed by atoms with Crippen molar-refractivity contribution in [1.82, 2.24) is 0 Å². The third-order valence-electron chi connectivity index (χ3n) is 1.78. The van der Waals surface area contributed by atoms with Crippen LogP contribution in [0.1, 0.15) is 44.9 Å². The van der Waals surface area contributed by atoms with Gasteiger partial charge < -0.3 is 10.2 Å². The fourth-order valence-electron chi connectivity index (χ4n) is 1.08. The SMILES string of the molecule is O=C(O)CCCCCCCC(O)=S. The lowest BCUT2D eigenvalue weighted by Crippen LogP contribution is -1.94. The van der Waals surface area contributed by atoms with E-state index in [2.05, 4.69) is 12.2 Å². The molecule has 0 bridgehead atoms. The molecule has 13 heavy (non-hydrogen) atoms. The van der Waals surface area contributed by atoms with Crippen LogP contribution in [-0.4, -0.2) is 21.2 Å². The molecule has 0 aromatic carbocycles. The minimum Gasteiger partial charge on any atom is -0.502 e. The molecule has 0 spiro atoms. The summed E-state index contributed by atoms with van der Waals surface area (Å²) in [6.45, 7) is 0. The average molecular weight is 204 g/mol. The van der Waals surface area contributed by atoms with Crippen LogP contribution >= 0.6 is 12.2 Å². The molecule has 4 heteroatoms. The Morgan fingerprint density at radius 1 is 0.923 bits per heavy atom. The highest BCUT2D eigenvalue weighted by molar-refractivity contribution is 7.80. The molecule has 0 saturated heterocycles. The zero-order chi connectivity index (χ0) is 10.1. The molecule has 0 aliphatic rings. The number of thiocarbonyl (C=S) groups is 1. The maximum Gasteiger partial charge on any atom is 0.303 e. The van der Waals surface area contributed by atoms with E-state index in [1.54, 1.807) is 0 Å². The van der Waals surface area contributed by atoms with E-state index in [0.717, 1.165) is 32.1 Å². The highest BCUT2D eigenvalue weighted by Crippen LogP contribution is 2.07. The van der Waals surface area contributed by atoms with E-state index in [-0.39, 0.29) is 11.5 Å². The average Bonchev–Trinajstić information content (AvgIpc) is 2.01. The molecule has 0 amide bonds. The molecular weight excluding hydrogens is 188 g/mol. The summed E-state index contributed by atoms with van der Waals surface area (Å²) < 4.78 is 0. The number of carbonyl (C=O) groups is 1. The standard InChI is InChI=1S/C9H16O3S/c10-8(11)6-4-2-1-3-5-7-9(12)13/h1-7H2,(H,10,11)(H,12,13). The molecule has 0 rings (SSSR count). The molecule has 0 aliphatic carbocycles. The lowest BCUT2D eigenvalue weighted by Gasteiger charge is -1.98. The van der Waals surface area contributed by atoms with Crippen LogP contribution in [0.5, 0.6) is 0 Å². The van der Waals surface area contributed by atoms with Crippen molar-refractivity contribution in [2.24, 2.45) is 0 Å². The Hall–Kier alpha value is -0.640. The molecule has 0 aromatic heterocycles. The normalized spacial score (nSPS) is 9.85. The summed E-state index contributed by atoms with van der Waals surface area (Å²) in [7, 11) is 0. The van der Waals surface area contributed by atoms with Gasteiger partial charge >= 0.3 is 5.97 Å². The van der Waals surface area contributed by atoms with E-state index in [4.69, 9.17) is 10.2 Å². The molecule has 76 valence electrons. The fraction of sp³-hybridized carbons (Fsp3) is 0.778. The van der Waals surface area contributed by atoms with Gasteiger partial charge in [-0.1, -0.05) is 19.3 Å². The van der Waals surface area contributed by atoms with E-state index < -0.39 is 5.97 Å². The zero-order valence-electron chi connectivity index (χ0n) is 7.66. The van der Waals surface area contributed by atoms with Gasteiger partial charge in [0.15, 0.2) is 5.05 Å². The Kier molecular flexibility index (Phi) is 7.59. The number of unbranched alkanes of at least 4 members (excludes halogenated alkanes) is 4. The summed E-state index contributed by atoms with van der Waals surface area (Å²) in [5, 5.41) is 17.1. The molecule has 0 aliphatic heterocycles. The highest BCUT2D eigenvalue weighted by atomic mass is 32.1. The van der Waals surface area contributed by atoms with Crippen molar-refractivity contribution in [3.8, 4) is 0 Å². The van der Waals surface area contributed by atoms with Gasteiger partial charge in [-0.25, -0.2) is 0 Å². The van der Waals surface area contributed by atoms with Crippen molar-refractivity contribution in [1.29, 1.82) is 0 Å². The molecule has 2 N–H and O–H groups in total. The number of rotatable bonds is 8. The van der Waals surface area contributed by atoms with Crippen LogP contribution in [-0.2, 0) is 4.79 Å². The van der Waals surface area contributed by atoms with Crippen molar-refractivity contribution >= 4 is 23.2 Å². The van der Waals surface area contributed by atoms with Crippen LogP contribution in [0.4, 0.5) is 0 Å². The van der Waals surface area contributed by atoms with Crippen LogP contribution in [0.2, 0.25) is 0 Å². The molecule has 0 heterocycles. The Bertz CT molecular complexity index is 150. The summed E-state index contributed by atoms with van der Waals surface area (Å²) >= 11 is 4.51. The quantitative estimate of drug-likeness (QED) is 0.471. The largest absolute Gasteiger partial charge is 0.502 e. The molecule has 3 nitrogen and oxygen atoms in total. The van der Waals surface area contributed by atoms with Crippen molar-refractivity contribution in [3.63, 3.8) is 0 Å². The summed E-state index contributed by atoms with van der Waals surface area (Å²) in [6.07, 6.45) is 5.49. The third-order valence-corrected chi connectivity index (χ3v) is 1.99. The number of aliphatic hydroxyl groups excluding tert-OH is 1. The van der Waals surface area contributed by atoms with Gasteiger partial charge in [-0.3, -0.25) is 4.79 Å². The Morgan fingerprint density at radius 3 is 1.85 bits per heavy atom. The van der Waals surface area contributed by atoms with Gasteiger partial charge in [-0.2, -0.15) is 0 Å². The molecule has 0 fully saturated rings. The lowest BCUT2D eigenvalue weighted by atomic mass is 10.1. The molecule has 0 saturated carbocycles. The van der Waals surface area contributed by atoms with Crippen LogP contribution in [0.25, 0.3) is 0 Å². The van der Waals surface area contributed by atoms with Crippen molar-refractivity contribution in [3.05, 3.63) is 0 Å². The van der Waals surface area contributed by atoms with Gasteiger partial charge in [-0.15, -0.1) is 0 Å². The Balaban J connectivity index is 3.00. The number of hydrogen-bond donors (Lipinski definition) is 2. The van der Waals surface area contributed by atoms with Gasteiger partial charge in [0.2, 0.25) is 0 Å². The zero-order valence-corrected chi connectivity index (χ0v) is 8.48. The monoisotopic (exact) mass is 204 g/mol. The second kappa shape index (κ2) is 7.98. The van der Waals surface area contributed by atoms with Crippen LogP contribution in [0.3, 0.4) is 0 Å². The van der Waals surface area contributed by atoms with Crippen LogP contribution < -0.4 is 0 Å². The first kappa shape index (κ1) is 12.4. The smallest absolute Gasteiger partial charge is 0.303 e. The van der Waals surface area contributed by atoms with Crippen LogP contribution in [0.15, 0.2) is 0 Å². The Morgan fingerprint density at radius 2 is 1.38 bits per heavy atom. The third kappa shape index (κ3) is 11.4. The molecule has 0 unspecified atom stereocenters. The van der Waals surface area contributed by atoms with Gasteiger partial charge in [0.1, 0.15) is 0 Å². The van der Waals surface area contributed by atoms with Crippen molar-refractivity contribution in [2.45, 2.75) is 44.9 Å². The first-order valence-corrected chi connectivity index (χ1v) is 4.97. The van der Waals surface area contributed by atoms with Crippen molar-refractivity contribution in [2.75, 3.05) is 0 Å². The van der Waals surface area contributed by atoms with Gasteiger partial charge in [0.05, 0.1) is 0 Å². The summed E-state index contributed by atoms with van der Waals surface area (Å²) in [4.78, 5) is 10.1. The summed E-state index contributed by atoms with van der Waals surface area (Å²) in [6, 6.07) is 0. The number of aliphatic hydroxyl groups is 1. The first-order valence-electron chi connectivity index (χ1n) is 4.56. The van der Waals surface area contributed by atoms with E-state index in [0.29, 0.717) is 6.42 Å². The molecule has 0 aromatic rings. The second-order valence-electron chi connectivity index (χ2n) is 3.06. The number of carboxylic acids is 1. The highest BCUT2D eigenvalue weighted by Gasteiger charge is 1.97. The number of hydrogen-bond acceptors (Lipinski definition) is 2. The minimum absolute atomic E-state index is 0.0746.